The normalized spacial score (nSPS) is 13.4. The minimum absolute atomic E-state index is 0.106. The van der Waals surface area contributed by atoms with Crippen molar-refractivity contribution in [2.45, 2.75) is 23.9 Å². The monoisotopic (exact) mass is 701 g/mol. The van der Waals surface area contributed by atoms with Crippen molar-refractivity contribution < 1.29 is 14.5 Å². The van der Waals surface area contributed by atoms with Crippen LogP contribution in [0.1, 0.15) is 16.7 Å². The lowest BCUT2D eigenvalue weighted by Gasteiger charge is -2.36. The summed E-state index contributed by atoms with van der Waals surface area (Å²) < 4.78 is 1.46. The lowest BCUT2D eigenvalue weighted by atomic mass is 10.0. The van der Waals surface area contributed by atoms with Crippen LogP contribution in [-0.4, -0.2) is 42.1 Å². The third-order valence-electron chi connectivity index (χ3n) is 7.21. The van der Waals surface area contributed by atoms with Gasteiger partial charge in [-0.25, -0.2) is 0 Å². The van der Waals surface area contributed by atoms with E-state index < -0.39 is 16.7 Å². The molecule has 0 spiro atoms. The molecule has 234 valence electrons. The smallest absolute Gasteiger partial charge is 0.268 e. The maximum absolute atomic E-state index is 14.0. The summed E-state index contributed by atoms with van der Waals surface area (Å²) in [6, 6.07) is 23.4. The van der Waals surface area contributed by atoms with Crippen LogP contribution in [0, 0.1) is 24.0 Å². The molecule has 0 atom stereocenters. The molecule has 1 aromatic heterocycles. The Morgan fingerprint density at radius 3 is 1.98 bits per heavy atom. The fraction of sp³-hybridized carbons (Fsp3) is 0.0625. The molecule has 0 unspecified atom stereocenters. The van der Waals surface area contributed by atoms with Gasteiger partial charge in [0.2, 0.25) is 5.16 Å². The van der Waals surface area contributed by atoms with Gasteiger partial charge in [-0.05, 0) is 113 Å². The Hall–Kier alpha value is -4.95. The van der Waals surface area contributed by atoms with Crippen molar-refractivity contribution in [1.29, 1.82) is 0 Å². The van der Waals surface area contributed by atoms with Gasteiger partial charge in [-0.2, -0.15) is 4.68 Å². The van der Waals surface area contributed by atoms with Gasteiger partial charge in [0.05, 0.1) is 26.9 Å². The van der Waals surface area contributed by atoms with E-state index >= 15 is 0 Å². The van der Waals surface area contributed by atoms with Crippen LogP contribution in [0.5, 0.6) is 0 Å². The van der Waals surface area contributed by atoms with Crippen molar-refractivity contribution in [3.05, 3.63) is 127 Å². The van der Waals surface area contributed by atoms with Gasteiger partial charge < -0.3 is 0 Å². The third kappa shape index (κ3) is 6.25. The van der Waals surface area contributed by atoms with Gasteiger partial charge in [-0.1, -0.05) is 59.6 Å². The van der Waals surface area contributed by atoms with Gasteiger partial charge in [0.15, 0.2) is 5.11 Å². The maximum atomic E-state index is 14.0. The van der Waals surface area contributed by atoms with Crippen LogP contribution in [0.15, 0.2) is 101 Å². The number of aromatic nitrogens is 4. The average molecular weight is 703 g/mol. The summed E-state index contributed by atoms with van der Waals surface area (Å²) in [7, 11) is 0. The summed E-state index contributed by atoms with van der Waals surface area (Å²) >= 11 is 19.5. The van der Waals surface area contributed by atoms with Crippen LogP contribution >= 0.6 is 47.2 Å². The molecule has 0 radical (unpaired) electrons. The highest BCUT2D eigenvalue weighted by atomic mass is 35.5. The van der Waals surface area contributed by atoms with E-state index in [2.05, 4.69) is 15.5 Å². The van der Waals surface area contributed by atoms with Crippen molar-refractivity contribution in [2.75, 3.05) is 9.80 Å². The molecule has 11 nitrogen and oxygen atoms in total. The number of carbonyl (C=O) groups is 2. The van der Waals surface area contributed by atoms with Crippen LogP contribution in [-0.2, 0) is 9.59 Å². The molecule has 1 fully saturated rings. The minimum atomic E-state index is -0.725. The van der Waals surface area contributed by atoms with Gasteiger partial charge in [0.1, 0.15) is 5.57 Å². The molecule has 6 rings (SSSR count). The van der Waals surface area contributed by atoms with E-state index in [1.54, 1.807) is 54.6 Å². The lowest BCUT2D eigenvalue weighted by molar-refractivity contribution is -0.387. The number of para-hydroxylation sites is 1. The molecule has 0 aliphatic carbocycles. The van der Waals surface area contributed by atoms with Crippen molar-refractivity contribution in [1.82, 2.24) is 20.2 Å². The molecule has 1 aliphatic rings. The minimum Gasteiger partial charge on any atom is -0.268 e. The SMILES string of the molecule is Cc1ccc(N2C(=O)C(=Cc3ccc(Sc4nnnn4-c4ccccc4)c([N+](=O)[O-])c3)C(=O)N(c3ccc(C)c(Cl)c3)C2=S)cc1Cl. The summed E-state index contributed by atoms with van der Waals surface area (Å²) in [6.45, 7) is 3.63. The van der Waals surface area contributed by atoms with Crippen LogP contribution in [0.2, 0.25) is 10.0 Å². The Bertz CT molecular complexity index is 2060. The Morgan fingerprint density at radius 2 is 1.43 bits per heavy atom. The van der Waals surface area contributed by atoms with Gasteiger partial charge in [0.25, 0.3) is 17.5 Å². The summed E-state index contributed by atoms with van der Waals surface area (Å²) in [4.78, 5) is 42.3. The number of tetrazole rings is 1. The number of hydrogen-bond acceptors (Lipinski definition) is 9. The number of nitro benzene ring substituents is 1. The van der Waals surface area contributed by atoms with Gasteiger partial charge in [-0.15, -0.1) is 5.10 Å². The van der Waals surface area contributed by atoms with E-state index in [4.69, 9.17) is 35.4 Å². The number of hydrogen-bond donors (Lipinski definition) is 0. The molecular formula is C32H21Cl2N7O4S2. The molecule has 1 saturated heterocycles. The first-order valence-electron chi connectivity index (χ1n) is 13.8. The maximum Gasteiger partial charge on any atom is 0.283 e. The zero-order chi connectivity index (χ0) is 33.4. The summed E-state index contributed by atoms with van der Waals surface area (Å²) in [5.74, 6) is -1.45. The summed E-state index contributed by atoms with van der Waals surface area (Å²) in [5.41, 5.74) is 2.59. The number of aryl methyl sites for hydroxylation is 2. The number of benzene rings is 4. The van der Waals surface area contributed by atoms with Crippen LogP contribution < -0.4 is 9.80 Å². The molecule has 0 N–H and O–H groups in total. The fourth-order valence-corrected chi connectivity index (χ4v) is 6.32. The number of nitrogens with zero attached hydrogens (tertiary/aromatic N) is 7. The Labute approximate surface area is 287 Å². The number of thiocarbonyl (C=S) groups is 1. The predicted molar refractivity (Wildman–Crippen MR) is 184 cm³/mol. The molecule has 0 bridgehead atoms. The standard InChI is InChI=1S/C32H21Cl2N7O4S2/c1-18-8-11-22(16-25(18)33)38-29(42)24(30(43)39(32(38)46)23-12-9-19(2)26(34)17-23)14-20-10-13-28(27(15-20)41(44)45)47-31-35-36-37-40(31)21-6-4-3-5-7-21/h3-17H,1-2H3. The van der Waals surface area contributed by atoms with E-state index in [0.29, 0.717) is 32.3 Å². The Morgan fingerprint density at radius 1 is 0.830 bits per heavy atom. The first-order valence-corrected chi connectivity index (χ1v) is 15.8. The third-order valence-corrected chi connectivity index (χ3v) is 9.39. The highest BCUT2D eigenvalue weighted by molar-refractivity contribution is 7.99. The topological polar surface area (TPSA) is 127 Å². The van der Waals surface area contributed by atoms with Crippen LogP contribution in [0.25, 0.3) is 11.8 Å². The number of nitro groups is 1. The van der Waals surface area contributed by atoms with Crippen molar-refractivity contribution in [3.63, 3.8) is 0 Å². The molecule has 2 heterocycles. The molecule has 47 heavy (non-hydrogen) atoms. The number of anilines is 2. The van der Waals surface area contributed by atoms with Gasteiger partial charge in [-0.3, -0.25) is 29.5 Å². The quantitative estimate of drug-likeness (QED) is 0.0561. The van der Waals surface area contributed by atoms with Gasteiger partial charge in [0, 0.05) is 16.1 Å². The Kier molecular flexibility index (Phi) is 8.88. The summed E-state index contributed by atoms with van der Waals surface area (Å²) in [5, 5.41) is 25.0. The van der Waals surface area contributed by atoms with E-state index in [1.165, 1.54) is 32.7 Å². The molecule has 0 saturated carbocycles. The van der Waals surface area contributed by atoms with Crippen molar-refractivity contribution in [3.8, 4) is 5.69 Å². The number of amides is 2. The van der Waals surface area contributed by atoms with Crippen LogP contribution in [0.3, 0.4) is 0 Å². The molecule has 15 heteroatoms. The molecule has 5 aromatic rings. The molecular weight excluding hydrogens is 681 g/mol. The number of carbonyl (C=O) groups excluding carboxylic acids is 2. The van der Waals surface area contributed by atoms with Crippen LogP contribution in [0.4, 0.5) is 17.1 Å². The predicted octanol–water partition coefficient (Wildman–Crippen LogP) is 7.39. The first kappa shape index (κ1) is 32.0. The number of rotatable bonds is 7. The zero-order valence-corrected chi connectivity index (χ0v) is 27.6. The van der Waals surface area contributed by atoms with E-state index in [0.717, 1.165) is 22.9 Å². The molecule has 4 aromatic carbocycles. The second kappa shape index (κ2) is 13.0. The summed E-state index contributed by atoms with van der Waals surface area (Å²) in [6.07, 6.45) is 1.30. The molecule has 2 amide bonds. The van der Waals surface area contributed by atoms with E-state index in [-0.39, 0.29) is 26.8 Å². The fourth-order valence-electron chi connectivity index (χ4n) is 4.72. The second-order valence-corrected chi connectivity index (χ2v) is 12.5. The average Bonchev–Trinajstić information content (AvgIpc) is 3.52. The van der Waals surface area contributed by atoms with Gasteiger partial charge >= 0.3 is 0 Å². The lowest BCUT2D eigenvalue weighted by Crippen LogP contribution is -2.57. The van der Waals surface area contributed by atoms with E-state index in [1.807, 2.05) is 32.0 Å². The molecule has 1 aliphatic heterocycles. The highest BCUT2D eigenvalue weighted by Crippen LogP contribution is 2.37. The largest absolute Gasteiger partial charge is 0.283 e. The van der Waals surface area contributed by atoms with E-state index in [9.17, 15) is 19.7 Å². The van der Waals surface area contributed by atoms with Crippen molar-refractivity contribution in [2.24, 2.45) is 0 Å². The zero-order valence-electron chi connectivity index (χ0n) is 24.5. The highest BCUT2D eigenvalue weighted by Gasteiger charge is 2.41. The first-order chi connectivity index (χ1) is 22.5. The number of halogens is 2. The Balaban J connectivity index is 1.43. The van der Waals surface area contributed by atoms with Crippen molar-refractivity contribution >= 4 is 87.2 Å². The second-order valence-electron chi connectivity index (χ2n) is 10.3.